The third-order valence-electron chi connectivity index (χ3n) is 2.54. The molecule has 112 valence electrons. The van der Waals surface area contributed by atoms with Crippen molar-refractivity contribution in [2.24, 2.45) is 0 Å². The molecule has 1 heterocycles. The molecule has 0 unspecified atom stereocenters. The summed E-state index contributed by atoms with van der Waals surface area (Å²) in [7, 11) is -3.80. The third-order valence-corrected chi connectivity index (χ3v) is 5.96. The molecule has 0 aliphatic heterocycles. The van der Waals surface area contributed by atoms with Crippen LogP contribution in [0.5, 0.6) is 0 Å². The number of aromatic carboxylic acids is 1. The number of hydrogen-bond acceptors (Lipinski definition) is 4. The summed E-state index contributed by atoms with van der Waals surface area (Å²) in [5, 5.41) is 10.8. The van der Waals surface area contributed by atoms with Crippen molar-refractivity contribution in [1.29, 1.82) is 0 Å². The predicted octanol–water partition coefficient (Wildman–Crippen LogP) is 3.34. The second-order valence-corrected chi connectivity index (χ2v) is 8.09. The van der Waals surface area contributed by atoms with E-state index in [1.165, 1.54) is 23.5 Å². The zero-order valence-corrected chi connectivity index (χ0v) is 14.3. The number of halogens is 2. The molecule has 0 bridgehead atoms. The Labute approximate surface area is 138 Å². The summed E-state index contributed by atoms with van der Waals surface area (Å²) >= 11 is 10.4. The fraction of sp³-hybridized carbons (Fsp3) is 0.0833. The molecule has 0 radical (unpaired) electrons. The molecule has 2 aromatic rings. The van der Waals surface area contributed by atoms with Gasteiger partial charge in [0.2, 0.25) is 10.0 Å². The Balaban J connectivity index is 2.23. The Morgan fingerprint density at radius 3 is 2.67 bits per heavy atom. The average molecular weight is 411 g/mol. The lowest BCUT2D eigenvalue weighted by Crippen LogP contribution is -2.23. The van der Waals surface area contributed by atoms with Crippen molar-refractivity contribution in [3.63, 3.8) is 0 Å². The smallest absolute Gasteiger partial charge is 0.337 e. The molecular formula is C12H9BrClNO4S2. The van der Waals surface area contributed by atoms with Gasteiger partial charge in [0, 0.05) is 21.3 Å². The molecule has 5 nitrogen and oxygen atoms in total. The molecule has 21 heavy (non-hydrogen) atoms. The van der Waals surface area contributed by atoms with Crippen molar-refractivity contribution in [3.05, 3.63) is 49.6 Å². The lowest BCUT2D eigenvalue weighted by Gasteiger charge is -2.07. The number of nitrogens with one attached hydrogen (secondary N) is 1. The molecule has 2 rings (SSSR count). The maximum Gasteiger partial charge on any atom is 0.337 e. The van der Waals surface area contributed by atoms with Crippen molar-refractivity contribution < 1.29 is 18.3 Å². The van der Waals surface area contributed by atoms with Crippen molar-refractivity contribution >= 4 is 54.9 Å². The van der Waals surface area contributed by atoms with Crippen molar-refractivity contribution in [2.75, 3.05) is 0 Å². The number of carbonyl (C=O) groups is 1. The van der Waals surface area contributed by atoms with Crippen LogP contribution in [0.15, 0.2) is 39.0 Å². The van der Waals surface area contributed by atoms with Gasteiger partial charge in [0.15, 0.2) is 0 Å². The maximum absolute atomic E-state index is 12.1. The lowest BCUT2D eigenvalue weighted by molar-refractivity contribution is 0.0697. The quantitative estimate of drug-likeness (QED) is 0.792. The first-order valence-electron chi connectivity index (χ1n) is 5.55. The molecule has 0 fully saturated rings. The Bertz CT molecular complexity index is 788. The van der Waals surface area contributed by atoms with Crippen LogP contribution in [-0.4, -0.2) is 19.5 Å². The molecule has 0 amide bonds. The number of hydrogen-bond donors (Lipinski definition) is 2. The van der Waals surface area contributed by atoms with E-state index in [1.807, 2.05) is 5.38 Å². The minimum atomic E-state index is -3.80. The third kappa shape index (κ3) is 4.04. The fourth-order valence-corrected chi connectivity index (χ4v) is 4.24. The van der Waals surface area contributed by atoms with Gasteiger partial charge in [0.1, 0.15) is 0 Å². The summed E-state index contributed by atoms with van der Waals surface area (Å²) in [4.78, 5) is 11.7. The number of rotatable bonds is 5. The maximum atomic E-state index is 12.1. The van der Waals surface area contributed by atoms with Crippen LogP contribution in [-0.2, 0) is 16.6 Å². The Hall–Kier alpha value is -0.930. The molecule has 0 aliphatic carbocycles. The Morgan fingerprint density at radius 1 is 1.38 bits per heavy atom. The summed E-state index contributed by atoms with van der Waals surface area (Å²) < 4.78 is 27.6. The largest absolute Gasteiger partial charge is 0.478 e. The van der Waals surface area contributed by atoms with Gasteiger partial charge in [-0.05, 0) is 40.2 Å². The molecular weight excluding hydrogens is 402 g/mol. The normalized spacial score (nSPS) is 11.5. The fourth-order valence-electron chi connectivity index (χ4n) is 1.53. The number of carboxylic acid groups (broad SMARTS) is 1. The first-order chi connectivity index (χ1) is 9.79. The first-order valence-corrected chi connectivity index (χ1v) is 9.08. The standard InChI is InChI=1S/C12H9BrClNO4S2/c13-7-3-8(20-6-7)5-15-21(18,19)9-1-2-11(14)10(4-9)12(16)17/h1-4,6,15H,5H2,(H,16,17). The topological polar surface area (TPSA) is 83.5 Å². The van der Waals surface area contributed by atoms with E-state index >= 15 is 0 Å². The molecule has 0 saturated heterocycles. The van der Waals surface area contributed by atoms with Crippen molar-refractivity contribution in [2.45, 2.75) is 11.4 Å². The van der Waals surface area contributed by atoms with Gasteiger partial charge in [-0.3, -0.25) is 0 Å². The van der Waals surface area contributed by atoms with E-state index in [-0.39, 0.29) is 22.0 Å². The molecule has 1 aromatic heterocycles. The van der Waals surface area contributed by atoms with Gasteiger partial charge in [-0.25, -0.2) is 17.9 Å². The van der Waals surface area contributed by atoms with Crippen LogP contribution in [0, 0.1) is 0 Å². The number of thiophene rings is 1. The van der Waals surface area contributed by atoms with E-state index in [2.05, 4.69) is 20.7 Å². The van der Waals surface area contributed by atoms with Gasteiger partial charge >= 0.3 is 5.97 Å². The van der Waals surface area contributed by atoms with Crippen LogP contribution in [0.3, 0.4) is 0 Å². The van der Waals surface area contributed by atoms with Gasteiger partial charge in [-0.1, -0.05) is 11.6 Å². The van der Waals surface area contributed by atoms with E-state index in [0.717, 1.165) is 15.4 Å². The highest BCUT2D eigenvalue weighted by molar-refractivity contribution is 9.10. The highest BCUT2D eigenvalue weighted by Crippen LogP contribution is 2.22. The van der Waals surface area contributed by atoms with E-state index in [9.17, 15) is 13.2 Å². The van der Waals surface area contributed by atoms with Gasteiger partial charge in [0.05, 0.1) is 15.5 Å². The number of benzene rings is 1. The summed E-state index contributed by atoms with van der Waals surface area (Å²) in [5.74, 6) is -1.28. The van der Waals surface area contributed by atoms with Crippen LogP contribution in [0.4, 0.5) is 0 Å². The molecule has 9 heteroatoms. The highest BCUT2D eigenvalue weighted by atomic mass is 79.9. The molecule has 2 N–H and O–H groups in total. The van der Waals surface area contributed by atoms with E-state index in [1.54, 1.807) is 6.07 Å². The van der Waals surface area contributed by atoms with Crippen LogP contribution < -0.4 is 4.72 Å². The van der Waals surface area contributed by atoms with Crippen LogP contribution in [0.25, 0.3) is 0 Å². The Morgan fingerprint density at radius 2 is 2.10 bits per heavy atom. The SMILES string of the molecule is O=C(O)c1cc(S(=O)(=O)NCc2cc(Br)cs2)ccc1Cl. The average Bonchev–Trinajstić information content (AvgIpc) is 2.82. The van der Waals surface area contributed by atoms with Gasteiger partial charge < -0.3 is 5.11 Å². The molecule has 0 saturated carbocycles. The van der Waals surface area contributed by atoms with E-state index in [4.69, 9.17) is 16.7 Å². The van der Waals surface area contributed by atoms with Crippen LogP contribution in [0.1, 0.15) is 15.2 Å². The van der Waals surface area contributed by atoms with Gasteiger partial charge in [-0.2, -0.15) is 0 Å². The number of sulfonamides is 1. The minimum Gasteiger partial charge on any atom is -0.478 e. The second kappa shape index (κ2) is 6.45. The summed E-state index contributed by atoms with van der Waals surface area (Å²) in [6.07, 6.45) is 0. The minimum absolute atomic E-state index is 0.0105. The monoisotopic (exact) mass is 409 g/mol. The predicted molar refractivity (Wildman–Crippen MR) is 84.5 cm³/mol. The van der Waals surface area contributed by atoms with Crippen LogP contribution in [0.2, 0.25) is 5.02 Å². The Kier molecular flexibility index (Phi) is 5.05. The second-order valence-electron chi connectivity index (χ2n) is 4.00. The molecule has 0 spiro atoms. The number of carboxylic acids is 1. The first kappa shape index (κ1) is 16.4. The molecule has 0 aliphatic rings. The van der Waals surface area contributed by atoms with Gasteiger partial charge in [-0.15, -0.1) is 11.3 Å². The highest BCUT2D eigenvalue weighted by Gasteiger charge is 2.18. The van der Waals surface area contributed by atoms with E-state index in [0.29, 0.717) is 0 Å². The summed E-state index contributed by atoms with van der Waals surface area (Å²) in [6.45, 7) is 0.129. The summed E-state index contributed by atoms with van der Waals surface area (Å²) in [6, 6.07) is 5.36. The van der Waals surface area contributed by atoms with Crippen molar-refractivity contribution in [3.8, 4) is 0 Å². The van der Waals surface area contributed by atoms with Gasteiger partial charge in [0.25, 0.3) is 0 Å². The van der Waals surface area contributed by atoms with E-state index < -0.39 is 16.0 Å². The van der Waals surface area contributed by atoms with Crippen molar-refractivity contribution in [1.82, 2.24) is 4.72 Å². The zero-order chi connectivity index (χ0) is 15.6. The lowest BCUT2D eigenvalue weighted by atomic mass is 10.2. The zero-order valence-electron chi connectivity index (χ0n) is 10.3. The van der Waals surface area contributed by atoms with Crippen LogP contribution >= 0.6 is 38.9 Å². The molecule has 0 atom stereocenters. The summed E-state index contributed by atoms with van der Waals surface area (Å²) in [5.41, 5.74) is -0.251. The molecule has 1 aromatic carbocycles.